The lowest BCUT2D eigenvalue weighted by Gasteiger charge is -2.17. The second-order valence-electron chi connectivity index (χ2n) is 3.39. The maximum atomic E-state index is 11.3. The van der Waals surface area contributed by atoms with E-state index in [4.69, 9.17) is 0 Å². The van der Waals surface area contributed by atoms with Crippen molar-refractivity contribution in [2.75, 3.05) is 24.7 Å². The minimum Gasteiger partial charge on any atom is -0.465 e. The van der Waals surface area contributed by atoms with Gasteiger partial charge in [-0.3, -0.25) is 4.31 Å². The molecule has 0 amide bonds. The van der Waals surface area contributed by atoms with Crippen LogP contribution in [0.5, 0.6) is 0 Å². The lowest BCUT2D eigenvalue weighted by atomic mass is 10.2. The van der Waals surface area contributed by atoms with E-state index < -0.39 is 16.0 Å². The normalized spacial score (nSPS) is 11.1. The highest BCUT2D eigenvalue weighted by molar-refractivity contribution is 9.10. The number of hydrogen-bond acceptors (Lipinski definition) is 4. The highest BCUT2D eigenvalue weighted by Gasteiger charge is 2.15. The van der Waals surface area contributed by atoms with Crippen molar-refractivity contribution in [1.29, 1.82) is 0 Å². The second-order valence-corrected chi connectivity index (χ2v) is 6.25. The molecule has 0 radical (unpaired) electrons. The first-order valence-corrected chi connectivity index (χ1v) is 7.23. The summed E-state index contributed by atoms with van der Waals surface area (Å²) in [5.41, 5.74) is 0.810. The van der Waals surface area contributed by atoms with Gasteiger partial charge in [0, 0.05) is 11.5 Å². The molecule has 0 atom stereocenters. The average molecular weight is 322 g/mol. The first kappa shape index (κ1) is 14.0. The fourth-order valence-electron chi connectivity index (χ4n) is 1.17. The standard InChI is InChI=1S/C10H12BrNO4S/c1-12(17(3,14)15)7-4-5-8(9(11)6-7)10(13)16-2/h4-6H,1-3H3. The molecule has 0 spiro atoms. The van der Waals surface area contributed by atoms with Gasteiger partial charge >= 0.3 is 5.97 Å². The summed E-state index contributed by atoms with van der Waals surface area (Å²) in [7, 11) is -0.593. The van der Waals surface area contributed by atoms with Crippen molar-refractivity contribution in [1.82, 2.24) is 0 Å². The quantitative estimate of drug-likeness (QED) is 0.794. The summed E-state index contributed by atoms with van der Waals surface area (Å²) in [6, 6.07) is 4.60. The largest absolute Gasteiger partial charge is 0.465 e. The molecule has 5 nitrogen and oxygen atoms in total. The van der Waals surface area contributed by atoms with Crippen LogP contribution in [0.4, 0.5) is 5.69 Å². The zero-order valence-corrected chi connectivity index (χ0v) is 12.0. The van der Waals surface area contributed by atoms with Gasteiger partial charge in [-0.2, -0.15) is 0 Å². The third-order valence-corrected chi connectivity index (χ3v) is 4.08. The van der Waals surface area contributed by atoms with E-state index in [-0.39, 0.29) is 0 Å². The number of nitrogens with zero attached hydrogens (tertiary/aromatic N) is 1. The van der Waals surface area contributed by atoms with Crippen molar-refractivity contribution in [3.8, 4) is 0 Å². The van der Waals surface area contributed by atoms with Crippen LogP contribution in [0.25, 0.3) is 0 Å². The molecule has 1 rings (SSSR count). The Bertz CT molecular complexity index is 541. The molecule has 1 aromatic carbocycles. The van der Waals surface area contributed by atoms with Crippen molar-refractivity contribution in [2.24, 2.45) is 0 Å². The number of ether oxygens (including phenoxy) is 1. The number of carbonyl (C=O) groups is 1. The SMILES string of the molecule is COC(=O)c1ccc(N(C)S(C)(=O)=O)cc1Br. The Morgan fingerprint density at radius 2 is 2.00 bits per heavy atom. The Kier molecular flexibility index (Phi) is 4.16. The Labute approximate surface area is 109 Å². The van der Waals surface area contributed by atoms with Crippen molar-refractivity contribution in [3.05, 3.63) is 28.2 Å². The number of sulfonamides is 1. The van der Waals surface area contributed by atoms with E-state index in [2.05, 4.69) is 20.7 Å². The highest BCUT2D eigenvalue weighted by Crippen LogP contribution is 2.25. The molecular weight excluding hydrogens is 310 g/mol. The summed E-state index contributed by atoms with van der Waals surface area (Å²) >= 11 is 3.20. The third-order valence-electron chi connectivity index (χ3n) is 2.22. The minimum absolute atomic E-state index is 0.346. The molecule has 7 heteroatoms. The molecule has 0 heterocycles. The molecule has 0 unspecified atom stereocenters. The molecule has 0 aliphatic carbocycles. The van der Waals surface area contributed by atoms with Crippen LogP contribution in [0, 0.1) is 0 Å². The molecule has 94 valence electrons. The van der Waals surface area contributed by atoms with Crippen LogP contribution in [-0.2, 0) is 14.8 Å². The van der Waals surface area contributed by atoms with Crippen LogP contribution in [-0.4, -0.2) is 34.8 Å². The fraction of sp³-hybridized carbons (Fsp3) is 0.300. The van der Waals surface area contributed by atoms with E-state index in [1.165, 1.54) is 26.3 Å². The summed E-state index contributed by atoms with van der Waals surface area (Å²) in [6.45, 7) is 0. The van der Waals surface area contributed by atoms with Crippen LogP contribution in [0.2, 0.25) is 0 Å². The number of halogens is 1. The van der Waals surface area contributed by atoms with Gasteiger partial charge in [-0.1, -0.05) is 0 Å². The Hall–Kier alpha value is -1.08. The summed E-state index contributed by atoms with van der Waals surface area (Å²) in [4.78, 5) is 11.3. The van der Waals surface area contributed by atoms with E-state index in [9.17, 15) is 13.2 Å². The zero-order chi connectivity index (χ0) is 13.2. The number of benzene rings is 1. The highest BCUT2D eigenvalue weighted by atomic mass is 79.9. The van der Waals surface area contributed by atoms with Gasteiger partial charge < -0.3 is 4.74 Å². The summed E-state index contributed by atoms with van der Waals surface area (Å²) in [5, 5.41) is 0. The van der Waals surface area contributed by atoms with Crippen molar-refractivity contribution in [2.45, 2.75) is 0 Å². The molecule has 1 aromatic rings. The van der Waals surface area contributed by atoms with Gasteiger partial charge in [0.25, 0.3) is 0 Å². The topological polar surface area (TPSA) is 63.7 Å². The summed E-state index contributed by atoms with van der Waals surface area (Å²) in [5.74, 6) is -0.481. The fourth-order valence-corrected chi connectivity index (χ4v) is 2.19. The molecule has 17 heavy (non-hydrogen) atoms. The van der Waals surface area contributed by atoms with Crippen LogP contribution in [0.1, 0.15) is 10.4 Å². The van der Waals surface area contributed by atoms with Gasteiger partial charge in [-0.25, -0.2) is 13.2 Å². The smallest absolute Gasteiger partial charge is 0.339 e. The maximum absolute atomic E-state index is 11.3. The van der Waals surface area contributed by atoms with Crippen LogP contribution in [0.3, 0.4) is 0 Å². The van der Waals surface area contributed by atoms with Gasteiger partial charge in [0.15, 0.2) is 0 Å². The van der Waals surface area contributed by atoms with E-state index in [1.807, 2.05) is 0 Å². The average Bonchev–Trinajstić information content (AvgIpc) is 2.25. The number of esters is 1. The second kappa shape index (κ2) is 5.05. The van der Waals surface area contributed by atoms with Crippen molar-refractivity contribution < 1.29 is 17.9 Å². The number of methoxy groups -OCH3 is 1. The molecule has 0 aromatic heterocycles. The van der Waals surface area contributed by atoms with Gasteiger partial charge in [-0.05, 0) is 34.1 Å². The molecule has 0 aliphatic heterocycles. The number of rotatable bonds is 3. The number of hydrogen-bond donors (Lipinski definition) is 0. The van der Waals surface area contributed by atoms with Crippen LogP contribution < -0.4 is 4.31 Å². The van der Waals surface area contributed by atoms with Gasteiger partial charge in [0.2, 0.25) is 10.0 Å². The van der Waals surface area contributed by atoms with Gasteiger partial charge in [0.1, 0.15) is 0 Å². The summed E-state index contributed by atoms with van der Waals surface area (Å²) < 4.78 is 28.9. The Balaban J connectivity index is 3.18. The number of anilines is 1. The van der Waals surface area contributed by atoms with Crippen molar-refractivity contribution in [3.63, 3.8) is 0 Å². The first-order valence-electron chi connectivity index (χ1n) is 4.59. The molecule has 0 N–H and O–H groups in total. The minimum atomic E-state index is -3.31. The Morgan fingerprint density at radius 3 is 2.41 bits per heavy atom. The summed E-state index contributed by atoms with van der Waals surface area (Å²) in [6.07, 6.45) is 1.11. The first-order chi connectivity index (χ1) is 7.77. The third kappa shape index (κ3) is 3.19. The lowest BCUT2D eigenvalue weighted by Crippen LogP contribution is -2.24. The monoisotopic (exact) mass is 321 g/mol. The van der Waals surface area contributed by atoms with Crippen LogP contribution in [0.15, 0.2) is 22.7 Å². The number of carbonyl (C=O) groups excluding carboxylic acids is 1. The Morgan fingerprint density at radius 1 is 1.41 bits per heavy atom. The van der Waals surface area contributed by atoms with Crippen LogP contribution >= 0.6 is 15.9 Å². The molecular formula is C10H12BrNO4S. The van der Waals surface area contributed by atoms with Crippen molar-refractivity contribution >= 4 is 37.6 Å². The van der Waals surface area contributed by atoms with E-state index in [0.717, 1.165) is 10.6 Å². The molecule has 0 aliphatic rings. The molecule has 0 bridgehead atoms. The van der Waals surface area contributed by atoms with E-state index in [0.29, 0.717) is 15.7 Å². The zero-order valence-electron chi connectivity index (χ0n) is 9.60. The van der Waals surface area contributed by atoms with E-state index >= 15 is 0 Å². The van der Waals surface area contributed by atoms with Gasteiger partial charge in [-0.15, -0.1) is 0 Å². The molecule has 0 saturated carbocycles. The maximum Gasteiger partial charge on any atom is 0.339 e. The van der Waals surface area contributed by atoms with Gasteiger partial charge in [0.05, 0.1) is 24.6 Å². The molecule has 0 fully saturated rings. The van der Waals surface area contributed by atoms with E-state index in [1.54, 1.807) is 6.07 Å². The lowest BCUT2D eigenvalue weighted by molar-refractivity contribution is 0.0599. The molecule has 0 saturated heterocycles. The predicted molar refractivity (Wildman–Crippen MR) is 68.7 cm³/mol. The predicted octanol–water partition coefficient (Wildman–Crippen LogP) is 1.63.